The fraction of sp³-hybridized carbons (Fsp3) is 0.579. The molecule has 0 saturated heterocycles. The summed E-state index contributed by atoms with van der Waals surface area (Å²) in [7, 11) is 0. The van der Waals surface area contributed by atoms with Crippen molar-refractivity contribution in [2.75, 3.05) is 5.32 Å². The van der Waals surface area contributed by atoms with Gasteiger partial charge in [-0.1, -0.05) is 0 Å². The van der Waals surface area contributed by atoms with Gasteiger partial charge in [0.2, 0.25) is 0 Å². The standard InChI is InChI=1S/C19H27N5O3/c1-18(2,3)24-16(6-9-21-24)23-15-12-20-11-13(22-15)10-19(17(26)27)7-4-14(25)5-8-19/h6,9,11-12,14,25H,4-5,7-8,10H2,1-3H3,(H,22,23)(H,26,27). The number of nitrogens with zero attached hydrogens (tertiary/aromatic N) is 4. The lowest BCUT2D eigenvalue weighted by atomic mass is 9.70. The van der Waals surface area contributed by atoms with Gasteiger partial charge >= 0.3 is 5.97 Å². The van der Waals surface area contributed by atoms with E-state index in [1.165, 1.54) is 0 Å². The lowest BCUT2D eigenvalue weighted by Gasteiger charge is -2.35. The van der Waals surface area contributed by atoms with Crippen LogP contribution >= 0.6 is 0 Å². The molecule has 0 radical (unpaired) electrons. The third kappa shape index (κ3) is 4.27. The van der Waals surface area contributed by atoms with Crippen LogP contribution in [0.25, 0.3) is 0 Å². The van der Waals surface area contributed by atoms with E-state index in [1.54, 1.807) is 18.6 Å². The first kappa shape index (κ1) is 19.3. The highest BCUT2D eigenvalue weighted by Crippen LogP contribution is 2.39. The fourth-order valence-electron chi connectivity index (χ4n) is 3.58. The molecule has 0 spiro atoms. The Morgan fingerprint density at radius 2 is 2.04 bits per heavy atom. The van der Waals surface area contributed by atoms with Gasteiger partial charge in [0.25, 0.3) is 0 Å². The minimum Gasteiger partial charge on any atom is -0.481 e. The Morgan fingerprint density at radius 1 is 1.33 bits per heavy atom. The van der Waals surface area contributed by atoms with E-state index in [0.717, 1.165) is 5.82 Å². The van der Waals surface area contributed by atoms with E-state index >= 15 is 0 Å². The molecule has 8 heteroatoms. The molecule has 0 unspecified atom stereocenters. The number of nitrogens with one attached hydrogen (secondary N) is 1. The highest BCUT2D eigenvalue weighted by atomic mass is 16.4. The SMILES string of the molecule is CC(C)(C)n1nccc1Nc1cncc(CC2(C(=O)O)CCC(O)CC2)n1. The number of aliphatic carboxylic acids is 1. The Morgan fingerprint density at radius 3 is 2.67 bits per heavy atom. The maximum atomic E-state index is 11.9. The third-order valence-corrected chi connectivity index (χ3v) is 5.10. The summed E-state index contributed by atoms with van der Waals surface area (Å²) in [4.78, 5) is 20.7. The number of aliphatic hydroxyl groups excluding tert-OH is 1. The summed E-state index contributed by atoms with van der Waals surface area (Å²) in [5, 5.41) is 27.1. The highest BCUT2D eigenvalue weighted by Gasteiger charge is 2.42. The Hall–Kier alpha value is -2.48. The summed E-state index contributed by atoms with van der Waals surface area (Å²) in [6.07, 6.45) is 6.73. The molecule has 1 aliphatic rings. The second-order valence-electron chi connectivity index (χ2n) is 8.31. The van der Waals surface area contributed by atoms with E-state index in [1.807, 2.05) is 10.7 Å². The van der Waals surface area contributed by atoms with Crippen LogP contribution in [0.4, 0.5) is 11.6 Å². The largest absolute Gasteiger partial charge is 0.481 e. The Kier molecular flexibility index (Phi) is 5.19. The predicted octanol–water partition coefficient (Wildman–Crippen LogP) is 2.72. The van der Waals surface area contributed by atoms with E-state index in [2.05, 4.69) is 41.2 Å². The Labute approximate surface area is 158 Å². The smallest absolute Gasteiger partial charge is 0.310 e. The zero-order valence-corrected chi connectivity index (χ0v) is 16.0. The van der Waals surface area contributed by atoms with Gasteiger partial charge in [0.15, 0.2) is 0 Å². The second-order valence-corrected chi connectivity index (χ2v) is 8.31. The van der Waals surface area contributed by atoms with E-state index in [9.17, 15) is 15.0 Å². The lowest BCUT2D eigenvalue weighted by molar-refractivity contribution is -0.152. The van der Waals surface area contributed by atoms with Gasteiger partial charge in [-0.3, -0.25) is 9.78 Å². The average Bonchev–Trinajstić information content (AvgIpc) is 3.06. The first-order chi connectivity index (χ1) is 12.7. The molecule has 3 rings (SSSR count). The van der Waals surface area contributed by atoms with Gasteiger partial charge in [-0.2, -0.15) is 5.10 Å². The minimum atomic E-state index is -0.889. The van der Waals surface area contributed by atoms with Crippen molar-refractivity contribution < 1.29 is 15.0 Å². The van der Waals surface area contributed by atoms with Gasteiger partial charge < -0.3 is 15.5 Å². The molecule has 27 heavy (non-hydrogen) atoms. The number of hydrogen-bond acceptors (Lipinski definition) is 6. The molecular weight excluding hydrogens is 346 g/mol. The maximum Gasteiger partial charge on any atom is 0.310 e. The van der Waals surface area contributed by atoms with E-state index in [0.29, 0.717) is 43.6 Å². The van der Waals surface area contributed by atoms with E-state index in [-0.39, 0.29) is 5.54 Å². The van der Waals surface area contributed by atoms with Crippen LogP contribution in [0.1, 0.15) is 52.1 Å². The topological polar surface area (TPSA) is 113 Å². The van der Waals surface area contributed by atoms with Crippen molar-refractivity contribution in [2.24, 2.45) is 5.41 Å². The van der Waals surface area contributed by atoms with Crippen LogP contribution < -0.4 is 5.32 Å². The highest BCUT2D eigenvalue weighted by molar-refractivity contribution is 5.75. The van der Waals surface area contributed by atoms with Crippen LogP contribution in [0.15, 0.2) is 24.7 Å². The molecule has 1 aliphatic carbocycles. The number of carboxylic acids is 1. The summed E-state index contributed by atoms with van der Waals surface area (Å²) in [5.74, 6) is 0.512. The molecule has 1 fully saturated rings. The molecular formula is C19H27N5O3. The number of hydrogen-bond donors (Lipinski definition) is 3. The predicted molar refractivity (Wildman–Crippen MR) is 101 cm³/mol. The summed E-state index contributed by atoms with van der Waals surface area (Å²) >= 11 is 0. The molecule has 0 aromatic carbocycles. The Balaban J connectivity index is 1.80. The molecule has 0 bridgehead atoms. The second kappa shape index (κ2) is 7.26. The van der Waals surface area contributed by atoms with Gasteiger partial charge in [-0.15, -0.1) is 0 Å². The van der Waals surface area contributed by atoms with Crippen molar-refractivity contribution in [3.05, 3.63) is 30.4 Å². The van der Waals surface area contributed by atoms with Gasteiger partial charge in [0, 0.05) is 18.7 Å². The Bertz CT molecular complexity index is 804. The molecule has 146 valence electrons. The fourth-order valence-corrected chi connectivity index (χ4v) is 3.58. The van der Waals surface area contributed by atoms with Crippen molar-refractivity contribution >= 4 is 17.6 Å². The minimum absolute atomic E-state index is 0.187. The quantitative estimate of drug-likeness (QED) is 0.738. The average molecular weight is 373 g/mol. The molecule has 0 aliphatic heterocycles. The van der Waals surface area contributed by atoms with Crippen LogP contribution in [-0.2, 0) is 16.8 Å². The van der Waals surface area contributed by atoms with Gasteiger partial charge in [-0.05, 0) is 46.5 Å². The summed E-state index contributed by atoms with van der Waals surface area (Å²) in [5.41, 5.74) is -0.451. The third-order valence-electron chi connectivity index (χ3n) is 5.10. The van der Waals surface area contributed by atoms with Gasteiger partial charge in [0.1, 0.15) is 11.6 Å². The van der Waals surface area contributed by atoms with E-state index in [4.69, 9.17) is 0 Å². The number of aliphatic hydroxyl groups is 1. The molecule has 0 atom stereocenters. The number of anilines is 2. The van der Waals surface area contributed by atoms with Crippen LogP contribution in [-0.4, -0.2) is 42.0 Å². The van der Waals surface area contributed by atoms with Crippen LogP contribution in [0.5, 0.6) is 0 Å². The summed E-state index contributed by atoms with van der Waals surface area (Å²) in [6, 6.07) is 1.86. The normalized spacial score (nSPS) is 23.2. The molecule has 3 N–H and O–H groups in total. The first-order valence-electron chi connectivity index (χ1n) is 9.24. The van der Waals surface area contributed by atoms with E-state index < -0.39 is 17.5 Å². The maximum absolute atomic E-state index is 11.9. The molecule has 2 aromatic rings. The van der Waals surface area contributed by atoms with Crippen LogP contribution in [0.2, 0.25) is 0 Å². The van der Waals surface area contributed by atoms with Gasteiger partial charge in [-0.25, -0.2) is 9.67 Å². The number of rotatable bonds is 5. The molecule has 8 nitrogen and oxygen atoms in total. The number of carbonyl (C=O) groups is 1. The summed E-state index contributed by atoms with van der Waals surface area (Å²) < 4.78 is 1.86. The van der Waals surface area contributed by atoms with Crippen molar-refractivity contribution in [3.63, 3.8) is 0 Å². The first-order valence-corrected chi connectivity index (χ1v) is 9.24. The van der Waals surface area contributed by atoms with Gasteiger partial charge in [0.05, 0.1) is 35.1 Å². The van der Waals surface area contributed by atoms with Crippen LogP contribution in [0, 0.1) is 5.41 Å². The molecule has 2 aromatic heterocycles. The van der Waals surface area contributed by atoms with Crippen molar-refractivity contribution in [1.82, 2.24) is 19.7 Å². The zero-order valence-electron chi connectivity index (χ0n) is 16.0. The summed E-state index contributed by atoms with van der Waals surface area (Å²) in [6.45, 7) is 6.17. The molecule has 1 saturated carbocycles. The number of carboxylic acid groups (broad SMARTS) is 1. The van der Waals surface area contributed by atoms with Crippen molar-refractivity contribution in [1.29, 1.82) is 0 Å². The lowest BCUT2D eigenvalue weighted by Crippen LogP contribution is -2.39. The number of aromatic nitrogens is 4. The van der Waals surface area contributed by atoms with Crippen molar-refractivity contribution in [2.45, 2.75) is 64.5 Å². The monoisotopic (exact) mass is 373 g/mol. The van der Waals surface area contributed by atoms with Crippen LogP contribution in [0.3, 0.4) is 0 Å². The van der Waals surface area contributed by atoms with Crippen molar-refractivity contribution in [3.8, 4) is 0 Å². The molecule has 0 amide bonds. The molecule has 2 heterocycles. The zero-order chi connectivity index (χ0) is 19.7.